The Morgan fingerprint density at radius 1 is 1.36 bits per heavy atom. The molecule has 1 rings (SSSR count). The SMILES string of the molecule is CN(C)CC(=O)n1cccc1. The summed E-state index contributed by atoms with van der Waals surface area (Å²) in [7, 11) is 3.75. The van der Waals surface area contributed by atoms with Crippen molar-refractivity contribution in [2.75, 3.05) is 20.6 Å². The fraction of sp³-hybridized carbons (Fsp3) is 0.375. The maximum atomic E-state index is 11.2. The van der Waals surface area contributed by atoms with Crippen LogP contribution in [0.25, 0.3) is 0 Å². The quantitative estimate of drug-likeness (QED) is 0.623. The molecule has 0 atom stereocenters. The molecule has 0 radical (unpaired) electrons. The van der Waals surface area contributed by atoms with Crippen LogP contribution in [0.5, 0.6) is 0 Å². The third kappa shape index (κ3) is 2.20. The van der Waals surface area contributed by atoms with Gasteiger partial charge in [-0.3, -0.25) is 9.36 Å². The van der Waals surface area contributed by atoms with Crippen LogP contribution in [-0.4, -0.2) is 36.0 Å². The molecule has 0 saturated heterocycles. The van der Waals surface area contributed by atoms with Gasteiger partial charge in [0.25, 0.3) is 0 Å². The first-order chi connectivity index (χ1) is 5.20. The fourth-order valence-electron chi connectivity index (χ4n) is 0.853. The van der Waals surface area contributed by atoms with Gasteiger partial charge in [-0.05, 0) is 26.2 Å². The summed E-state index contributed by atoms with van der Waals surface area (Å²) < 4.78 is 1.58. The van der Waals surface area contributed by atoms with E-state index < -0.39 is 0 Å². The van der Waals surface area contributed by atoms with Gasteiger partial charge in [-0.15, -0.1) is 0 Å². The molecule has 3 nitrogen and oxygen atoms in total. The smallest absolute Gasteiger partial charge is 0.244 e. The summed E-state index contributed by atoms with van der Waals surface area (Å²) in [6.45, 7) is 0.453. The van der Waals surface area contributed by atoms with Gasteiger partial charge >= 0.3 is 0 Å². The molecule has 0 bridgehead atoms. The van der Waals surface area contributed by atoms with Crippen LogP contribution < -0.4 is 0 Å². The van der Waals surface area contributed by atoms with Gasteiger partial charge in [0.1, 0.15) is 0 Å². The van der Waals surface area contributed by atoms with Crippen LogP contribution in [0.3, 0.4) is 0 Å². The van der Waals surface area contributed by atoms with Crippen LogP contribution in [0.4, 0.5) is 0 Å². The van der Waals surface area contributed by atoms with Crippen molar-refractivity contribution >= 4 is 5.91 Å². The van der Waals surface area contributed by atoms with Crippen LogP contribution in [-0.2, 0) is 0 Å². The second kappa shape index (κ2) is 3.34. The molecule has 3 heteroatoms. The average Bonchev–Trinajstić information content (AvgIpc) is 2.35. The van der Waals surface area contributed by atoms with E-state index in [4.69, 9.17) is 0 Å². The summed E-state index contributed by atoms with van der Waals surface area (Å²) in [5.41, 5.74) is 0. The van der Waals surface area contributed by atoms with E-state index in [2.05, 4.69) is 0 Å². The second-order valence-corrected chi connectivity index (χ2v) is 2.72. The molecule has 0 amide bonds. The minimum Gasteiger partial charge on any atom is -0.301 e. The van der Waals surface area contributed by atoms with Crippen molar-refractivity contribution in [3.05, 3.63) is 24.5 Å². The Balaban J connectivity index is 2.57. The lowest BCUT2D eigenvalue weighted by Gasteiger charge is -2.07. The third-order valence-corrected chi connectivity index (χ3v) is 1.34. The topological polar surface area (TPSA) is 25.2 Å². The molecular weight excluding hydrogens is 140 g/mol. The van der Waals surface area contributed by atoms with E-state index in [0.29, 0.717) is 6.54 Å². The molecule has 60 valence electrons. The molecule has 0 aromatic carbocycles. The number of carbonyl (C=O) groups is 1. The Morgan fingerprint density at radius 3 is 2.36 bits per heavy atom. The van der Waals surface area contributed by atoms with E-state index in [0.717, 1.165) is 0 Å². The molecule has 0 N–H and O–H groups in total. The Kier molecular flexibility index (Phi) is 2.44. The Bertz CT molecular complexity index is 226. The molecule has 0 aliphatic heterocycles. The summed E-state index contributed by atoms with van der Waals surface area (Å²) in [5, 5.41) is 0. The number of aromatic nitrogens is 1. The summed E-state index contributed by atoms with van der Waals surface area (Å²) >= 11 is 0. The first-order valence-corrected chi connectivity index (χ1v) is 3.51. The lowest BCUT2D eigenvalue weighted by molar-refractivity contribution is 0.0877. The zero-order valence-corrected chi connectivity index (χ0v) is 6.82. The highest BCUT2D eigenvalue weighted by Gasteiger charge is 2.02. The molecule has 0 aliphatic carbocycles. The highest BCUT2D eigenvalue weighted by molar-refractivity contribution is 5.80. The Morgan fingerprint density at radius 2 is 1.91 bits per heavy atom. The van der Waals surface area contributed by atoms with Crippen molar-refractivity contribution in [1.29, 1.82) is 0 Å². The molecule has 1 aromatic heterocycles. The molecular formula is C8H12N2O. The van der Waals surface area contributed by atoms with Gasteiger partial charge < -0.3 is 4.90 Å². The molecule has 0 unspecified atom stereocenters. The molecule has 0 spiro atoms. The zero-order valence-electron chi connectivity index (χ0n) is 6.82. The van der Waals surface area contributed by atoms with E-state index in [-0.39, 0.29) is 5.91 Å². The van der Waals surface area contributed by atoms with E-state index in [9.17, 15) is 4.79 Å². The van der Waals surface area contributed by atoms with E-state index in [1.165, 1.54) is 0 Å². The van der Waals surface area contributed by atoms with E-state index in [1.54, 1.807) is 17.0 Å². The van der Waals surface area contributed by atoms with Gasteiger partial charge in [0.2, 0.25) is 5.91 Å². The number of rotatable bonds is 2. The summed E-state index contributed by atoms with van der Waals surface area (Å²) in [4.78, 5) is 13.1. The van der Waals surface area contributed by atoms with Gasteiger partial charge in [0.15, 0.2) is 0 Å². The molecule has 0 aliphatic rings. The summed E-state index contributed by atoms with van der Waals surface area (Å²) in [5.74, 6) is 0.0972. The highest BCUT2D eigenvalue weighted by Crippen LogP contribution is 1.90. The minimum atomic E-state index is 0.0972. The first-order valence-electron chi connectivity index (χ1n) is 3.51. The lowest BCUT2D eigenvalue weighted by atomic mass is 10.5. The van der Waals surface area contributed by atoms with Crippen molar-refractivity contribution < 1.29 is 4.79 Å². The maximum absolute atomic E-state index is 11.2. The van der Waals surface area contributed by atoms with Crippen LogP contribution >= 0.6 is 0 Å². The van der Waals surface area contributed by atoms with Gasteiger partial charge in [0.05, 0.1) is 6.54 Å². The van der Waals surface area contributed by atoms with Crippen molar-refractivity contribution in [2.24, 2.45) is 0 Å². The first kappa shape index (κ1) is 8.01. The van der Waals surface area contributed by atoms with Crippen LogP contribution in [0.2, 0.25) is 0 Å². The number of hydrogen-bond acceptors (Lipinski definition) is 2. The standard InChI is InChI=1S/C8H12N2O/c1-9(2)7-8(11)10-5-3-4-6-10/h3-6H,7H2,1-2H3. The lowest BCUT2D eigenvalue weighted by Crippen LogP contribution is -2.25. The number of carbonyl (C=O) groups excluding carboxylic acids is 1. The Hall–Kier alpha value is -1.09. The summed E-state index contributed by atoms with van der Waals surface area (Å²) in [6, 6.07) is 3.68. The van der Waals surface area contributed by atoms with Crippen molar-refractivity contribution in [2.45, 2.75) is 0 Å². The fourth-order valence-corrected chi connectivity index (χ4v) is 0.853. The number of hydrogen-bond donors (Lipinski definition) is 0. The second-order valence-electron chi connectivity index (χ2n) is 2.72. The molecule has 11 heavy (non-hydrogen) atoms. The van der Waals surface area contributed by atoms with E-state index >= 15 is 0 Å². The zero-order chi connectivity index (χ0) is 8.27. The van der Waals surface area contributed by atoms with Gasteiger partial charge in [-0.1, -0.05) is 0 Å². The average molecular weight is 152 g/mol. The van der Waals surface area contributed by atoms with Crippen molar-refractivity contribution in [1.82, 2.24) is 9.47 Å². The molecule has 1 aromatic rings. The van der Waals surface area contributed by atoms with Gasteiger partial charge in [0, 0.05) is 12.4 Å². The third-order valence-electron chi connectivity index (χ3n) is 1.34. The van der Waals surface area contributed by atoms with Crippen LogP contribution in [0.1, 0.15) is 4.79 Å². The Labute approximate surface area is 66.2 Å². The largest absolute Gasteiger partial charge is 0.301 e. The minimum absolute atomic E-state index is 0.0972. The molecule has 0 fully saturated rings. The predicted octanol–water partition coefficient (Wildman–Crippen LogP) is 0.690. The number of nitrogens with zero attached hydrogens (tertiary/aromatic N) is 2. The maximum Gasteiger partial charge on any atom is 0.244 e. The van der Waals surface area contributed by atoms with Gasteiger partial charge in [-0.25, -0.2) is 0 Å². The normalized spacial score (nSPS) is 10.5. The highest BCUT2D eigenvalue weighted by atomic mass is 16.2. The van der Waals surface area contributed by atoms with Crippen LogP contribution in [0.15, 0.2) is 24.5 Å². The van der Waals surface area contributed by atoms with E-state index in [1.807, 2.05) is 31.1 Å². The molecule has 0 saturated carbocycles. The monoisotopic (exact) mass is 152 g/mol. The number of likely N-dealkylation sites (N-methyl/N-ethyl adjacent to an activating group) is 1. The van der Waals surface area contributed by atoms with Crippen molar-refractivity contribution in [3.63, 3.8) is 0 Å². The molecule has 1 heterocycles. The van der Waals surface area contributed by atoms with Gasteiger partial charge in [-0.2, -0.15) is 0 Å². The summed E-state index contributed by atoms with van der Waals surface area (Å²) in [6.07, 6.45) is 3.51. The predicted molar refractivity (Wildman–Crippen MR) is 43.6 cm³/mol. The van der Waals surface area contributed by atoms with Crippen molar-refractivity contribution in [3.8, 4) is 0 Å². The van der Waals surface area contributed by atoms with Crippen LogP contribution in [0, 0.1) is 0 Å².